The summed E-state index contributed by atoms with van der Waals surface area (Å²) in [6.45, 7) is 9.64. The zero-order chi connectivity index (χ0) is 15.2. The molecule has 0 aromatic carbocycles. The van der Waals surface area contributed by atoms with Crippen LogP contribution in [-0.4, -0.2) is 57.8 Å². The van der Waals surface area contributed by atoms with E-state index in [1.54, 1.807) is 25.7 Å². The zero-order valence-electron chi connectivity index (χ0n) is 12.5. The molecule has 19 heavy (non-hydrogen) atoms. The van der Waals surface area contributed by atoms with Gasteiger partial charge in [-0.3, -0.25) is 0 Å². The maximum absolute atomic E-state index is 9.27. The van der Waals surface area contributed by atoms with Crippen LogP contribution >= 0.6 is 0 Å². The Morgan fingerprint density at radius 1 is 0.579 bits per heavy atom. The van der Waals surface area contributed by atoms with Crippen LogP contribution < -0.4 is 0 Å². The molecule has 0 aliphatic heterocycles. The van der Waals surface area contributed by atoms with Crippen molar-refractivity contribution < 1.29 is 29.5 Å². The van der Waals surface area contributed by atoms with Gasteiger partial charge in [-0.2, -0.15) is 0 Å². The second kappa shape index (κ2) is 8.80. The Hall–Kier alpha value is -0.280. The van der Waals surface area contributed by atoms with Gasteiger partial charge in [-0.25, -0.2) is 4.90 Å². The van der Waals surface area contributed by atoms with Crippen LogP contribution in [0, 0.1) is 0 Å². The molecule has 0 fully saturated rings. The summed E-state index contributed by atoms with van der Waals surface area (Å²) in [4.78, 5) is 1.64. The number of hydrogen-bond acceptors (Lipinski definition) is 7. The number of hydrogen-bond donors (Lipinski definition) is 3. The number of aliphatic hydroxyl groups is 3. The van der Waals surface area contributed by atoms with Gasteiger partial charge in [0.25, 0.3) is 0 Å². The standard InChI is InChI=1S/C12H27NO6/c1-7(17-10(4)14)13(8(2)18-11(5)15)9(3)19-12(6)16/h7-12,14-16H,1-6H3. The SMILES string of the molecule is CC(O)OC(C)N(C(C)OC(C)O)C(C)OC(C)O. The molecule has 0 aliphatic rings. The van der Waals surface area contributed by atoms with E-state index in [9.17, 15) is 15.3 Å². The molecule has 0 heterocycles. The number of rotatable bonds is 9. The first kappa shape index (κ1) is 18.7. The van der Waals surface area contributed by atoms with Crippen LogP contribution in [0.2, 0.25) is 0 Å². The van der Waals surface area contributed by atoms with E-state index in [1.165, 1.54) is 20.8 Å². The molecule has 0 spiro atoms. The highest BCUT2D eigenvalue weighted by molar-refractivity contribution is 4.65. The van der Waals surface area contributed by atoms with E-state index in [1.807, 2.05) is 0 Å². The van der Waals surface area contributed by atoms with E-state index >= 15 is 0 Å². The van der Waals surface area contributed by atoms with E-state index in [4.69, 9.17) is 14.2 Å². The summed E-state index contributed by atoms with van der Waals surface area (Å²) in [6.07, 6.45) is -4.42. The van der Waals surface area contributed by atoms with Gasteiger partial charge in [0, 0.05) is 0 Å². The highest BCUT2D eigenvalue weighted by Crippen LogP contribution is 2.17. The second-order valence-corrected chi connectivity index (χ2v) is 4.45. The summed E-state index contributed by atoms with van der Waals surface area (Å²) in [5, 5.41) is 27.8. The lowest BCUT2D eigenvalue weighted by Gasteiger charge is -2.39. The molecule has 0 bridgehead atoms. The Morgan fingerprint density at radius 2 is 0.789 bits per heavy atom. The normalized spacial score (nSPS) is 21.8. The number of aliphatic hydroxyl groups excluding tert-OH is 3. The fourth-order valence-corrected chi connectivity index (χ4v) is 1.95. The van der Waals surface area contributed by atoms with Crippen LogP contribution in [0.5, 0.6) is 0 Å². The van der Waals surface area contributed by atoms with Crippen molar-refractivity contribution in [1.29, 1.82) is 0 Å². The second-order valence-electron chi connectivity index (χ2n) is 4.45. The van der Waals surface area contributed by atoms with Gasteiger partial charge in [0.05, 0.1) is 0 Å². The van der Waals surface area contributed by atoms with Crippen LogP contribution in [-0.2, 0) is 14.2 Å². The lowest BCUT2D eigenvalue weighted by molar-refractivity contribution is -0.284. The van der Waals surface area contributed by atoms with E-state index in [0.717, 1.165) is 0 Å². The van der Waals surface area contributed by atoms with E-state index in [2.05, 4.69) is 0 Å². The fraction of sp³-hybridized carbons (Fsp3) is 1.00. The zero-order valence-corrected chi connectivity index (χ0v) is 12.5. The molecule has 0 saturated carbocycles. The first-order chi connectivity index (χ1) is 8.65. The molecule has 3 N–H and O–H groups in total. The van der Waals surface area contributed by atoms with Gasteiger partial charge in [-0.1, -0.05) is 0 Å². The minimum absolute atomic E-state index is 0.525. The quantitative estimate of drug-likeness (QED) is 0.527. The molecule has 6 unspecified atom stereocenters. The maximum Gasteiger partial charge on any atom is 0.153 e. The summed E-state index contributed by atoms with van der Waals surface area (Å²) in [6, 6.07) is 0. The maximum atomic E-state index is 9.27. The van der Waals surface area contributed by atoms with Gasteiger partial charge in [-0.15, -0.1) is 0 Å². The first-order valence-electron chi connectivity index (χ1n) is 6.43. The van der Waals surface area contributed by atoms with Crippen LogP contribution in [0.3, 0.4) is 0 Å². The van der Waals surface area contributed by atoms with E-state index in [0.29, 0.717) is 0 Å². The largest absolute Gasteiger partial charge is 0.368 e. The predicted octanol–water partition coefficient (Wildman–Crippen LogP) is 0.391. The number of nitrogens with zero attached hydrogens (tertiary/aromatic N) is 1. The highest BCUT2D eigenvalue weighted by Gasteiger charge is 2.29. The van der Waals surface area contributed by atoms with Gasteiger partial charge in [0.1, 0.15) is 18.7 Å². The topological polar surface area (TPSA) is 91.6 Å². The van der Waals surface area contributed by atoms with Gasteiger partial charge in [-0.05, 0) is 41.5 Å². The summed E-state index contributed by atoms with van der Waals surface area (Å²) in [5.74, 6) is 0. The predicted molar refractivity (Wildman–Crippen MR) is 68.5 cm³/mol. The van der Waals surface area contributed by atoms with Crippen molar-refractivity contribution in [3.05, 3.63) is 0 Å². The first-order valence-corrected chi connectivity index (χ1v) is 6.43. The van der Waals surface area contributed by atoms with E-state index < -0.39 is 37.6 Å². The smallest absolute Gasteiger partial charge is 0.153 e. The van der Waals surface area contributed by atoms with Gasteiger partial charge >= 0.3 is 0 Å². The van der Waals surface area contributed by atoms with Crippen LogP contribution in [0.4, 0.5) is 0 Å². The Bertz CT molecular complexity index is 198. The van der Waals surface area contributed by atoms with Crippen molar-refractivity contribution >= 4 is 0 Å². The molecule has 0 aliphatic carbocycles. The van der Waals surface area contributed by atoms with Crippen molar-refractivity contribution in [2.24, 2.45) is 0 Å². The Labute approximate surface area is 114 Å². The molecule has 6 atom stereocenters. The molecule has 7 heteroatoms. The molecule has 116 valence electrons. The fourth-order valence-electron chi connectivity index (χ4n) is 1.95. The minimum atomic E-state index is -0.949. The number of ether oxygens (including phenoxy) is 3. The average molecular weight is 281 g/mol. The third-order valence-electron chi connectivity index (χ3n) is 2.44. The molecule has 0 saturated heterocycles. The lowest BCUT2D eigenvalue weighted by Crippen LogP contribution is -2.51. The molecule has 0 aromatic heterocycles. The summed E-state index contributed by atoms with van der Waals surface area (Å²) < 4.78 is 15.8. The molecule has 0 rings (SSSR count). The van der Waals surface area contributed by atoms with Crippen molar-refractivity contribution in [2.45, 2.75) is 79.1 Å². The summed E-state index contributed by atoms with van der Waals surface area (Å²) in [5.41, 5.74) is 0. The summed E-state index contributed by atoms with van der Waals surface area (Å²) >= 11 is 0. The van der Waals surface area contributed by atoms with Crippen LogP contribution in [0.15, 0.2) is 0 Å². The van der Waals surface area contributed by atoms with Crippen LogP contribution in [0.1, 0.15) is 41.5 Å². The van der Waals surface area contributed by atoms with Crippen LogP contribution in [0.25, 0.3) is 0 Å². The molecule has 0 radical (unpaired) electrons. The monoisotopic (exact) mass is 281 g/mol. The molecular weight excluding hydrogens is 254 g/mol. The lowest BCUT2D eigenvalue weighted by atomic mass is 10.4. The van der Waals surface area contributed by atoms with Crippen molar-refractivity contribution in [1.82, 2.24) is 4.90 Å². The third-order valence-corrected chi connectivity index (χ3v) is 2.44. The third kappa shape index (κ3) is 7.78. The minimum Gasteiger partial charge on any atom is -0.368 e. The van der Waals surface area contributed by atoms with Gasteiger partial charge in [0.2, 0.25) is 0 Å². The Morgan fingerprint density at radius 3 is 0.947 bits per heavy atom. The van der Waals surface area contributed by atoms with Crippen molar-refractivity contribution in [3.63, 3.8) is 0 Å². The Kier molecular flexibility index (Phi) is 8.67. The molecule has 7 nitrogen and oxygen atoms in total. The van der Waals surface area contributed by atoms with Gasteiger partial charge in [0.15, 0.2) is 18.9 Å². The van der Waals surface area contributed by atoms with Crippen molar-refractivity contribution in [3.8, 4) is 0 Å². The highest BCUT2D eigenvalue weighted by atomic mass is 16.7. The Balaban J connectivity index is 4.79. The molecule has 0 aromatic rings. The van der Waals surface area contributed by atoms with Gasteiger partial charge < -0.3 is 29.5 Å². The van der Waals surface area contributed by atoms with E-state index in [-0.39, 0.29) is 0 Å². The van der Waals surface area contributed by atoms with Crippen molar-refractivity contribution in [2.75, 3.05) is 0 Å². The molecular formula is C12H27NO6. The average Bonchev–Trinajstić information content (AvgIpc) is 2.12. The summed E-state index contributed by atoms with van der Waals surface area (Å²) in [7, 11) is 0. The molecule has 0 amide bonds.